The molecule has 6 heteroatoms. The third-order valence-electron chi connectivity index (χ3n) is 2.21. The van der Waals surface area contributed by atoms with Gasteiger partial charge in [-0.2, -0.15) is 0 Å². The fourth-order valence-electron chi connectivity index (χ4n) is 1.32. The lowest BCUT2D eigenvalue weighted by molar-refractivity contribution is 0.0929. The van der Waals surface area contributed by atoms with Crippen molar-refractivity contribution in [3.8, 4) is 0 Å². The number of ether oxygens (including phenoxy) is 1. The molecule has 17 heavy (non-hydrogen) atoms. The molecule has 0 aliphatic rings. The van der Waals surface area contributed by atoms with Crippen molar-refractivity contribution in [2.45, 2.75) is 19.4 Å². The molecule has 1 atom stereocenters. The predicted molar refractivity (Wildman–Crippen MR) is 67.1 cm³/mol. The highest BCUT2D eigenvalue weighted by atomic mass is 35.5. The Kier molecular flexibility index (Phi) is 5.18. The highest BCUT2D eigenvalue weighted by Gasteiger charge is 2.11. The van der Waals surface area contributed by atoms with Crippen LogP contribution in [0.3, 0.4) is 0 Å². The lowest BCUT2D eigenvalue weighted by Gasteiger charge is -2.13. The maximum absolute atomic E-state index is 11.8. The number of aromatic nitrogens is 1. The van der Waals surface area contributed by atoms with Crippen LogP contribution in [0.15, 0.2) is 12.1 Å². The second-order valence-electron chi connectivity index (χ2n) is 3.76. The first-order valence-electron chi connectivity index (χ1n) is 5.25. The SMILES string of the molecule is COCCC(C)NC(=O)c1cc(N)nc(Cl)c1. The molecule has 94 valence electrons. The van der Waals surface area contributed by atoms with Crippen LogP contribution in [-0.4, -0.2) is 30.6 Å². The fraction of sp³-hybridized carbons (Fsp3) is 0.455. The van der Waals surface area contributed by atoms with E-state index >= 15 is 0 Å². The van der Waals surface area contributed by atoms with Crippen molar-refractivity contribution in [3.05, 3.63) is 22.8 Å². The minimum atomic E-state index is -0.218. The molecule has 1 unspecified atom stereocenters. The molecule has 0 saturated heterocycles. The summed E-state index contributed by atoms with van der Waals surface area (Å²) >= 11 is 5.72. The molecule has 0 aromatic carbocycles. The van der Waals surface area contributed by atoms with Gasteiger partial charge in [0.2, 0.25) is 0 Å². The Morgan fingerprint density at radius 3 is 2.94 bits per heavy atom. The summed E-state index contributed by atoms with van der Waals surface area (Å²) in [6.45, 7) is 2.50. The van der Waals surface area contributed by atoms with Crippen LogP contribution in [0.25, 0.3) is 0 Å². The van der Waals surface area contributed by atoms with Crippen molar-refractivity contribution in [2.75, 3.05) is 19.5 Å². The van der Waals surface area contributed by atoms with E-state index in [9.17, 15) is 4.79 Å². The number of hydrogen-bond donors (Lipinski definition) is 2. The summed E-state index contributed by atoms with van der Waals surface area (Å²) in [6.07, 6.45) is 0.747. The number of halogens is 1. The minimum absolute atomic E-state index is 0.0237. The summed E-state index contributed by atoms with van der Waals surface area (Å²) in [4.78, 5) is 15.6. The lowest BCUT2D eigenvalue weighted by atomic mass is 10.2. The van der Waals surface area contributed by atoms with Gasteiger partial charge in [0.1, 0.15) is 11.0 Å². The molecular weight excluding hydrogens is 242 g/mol. The van der Waals surface area contributed by atoms with Gasteiger partial charge in [-0.1, -0.05) is 11.6 Å². The van der Waals surface area contributed by atoms with Crippen molar-refractivity contribution in [2.24, 2.45) is 0 Å². The Morgan fingerprint density at radius 1 is 1.65 bits per heavy atom. The average Bonchev–Trinajstić information content (AvgIpc) is 2.25. The largest absolute Gasteiger partial charge is 0.385 e. The topological polar surface area (TPSA) is 77.2 Å². The van der Waals surface area contributed by atoms with Crippen LogP contribution < -0.4 is 11.1 Å². The number of carbonyl (C=O) groups excluding carboxylic acids is 1. The zero-order valence-electron chi connectivity index (χ0n) is 9.87. The molecular formula is C11H16ClN3O2. The molecule has 1 aromatic heterocycles. The molecule has 0 bridgehead atoms. The first kappa shape index (κ1) is 13.7. The van der Waals surface area contributed by atoms with Crippen LogP contribution in [0, 0.1) is 0 Å². The van der Waals surface area contributed by atoms with Gasteiger partial charge in [-0.25, -0.2) is 4.98 Å². The Bertz CT molecular complexity index is 378. The van der Waals surface area contributed by atoms with Gasteiger partial charge < -0.3 is 15.8 Å². The van der Waals surface area contributed by atoms with E-state index in [-0.39, 0.29) is 22.9 Å². The smallest absolute Gasteiger partial charge is 0.251 e. The normalized spacial score (nSPS) is 12.2. The number of hydrogen-bond acceptors (Lipinski definition) is 4. The van der Waals surface area contributed by atoms with E-state index in [2.05, 4.69) is 10.3 Å². The van der Waals surface area contributed by atoms with Gasteiger partial charge in [-0.05, 0) is 25.5 Å². The summed E-state index contributed by atoms with van der Waals surface area (Å²) in [6, 6.07) is 3.00. The molecule has 1 rings (SSSR count). The van der Waals surface area contributed by atoms with Crippen molar-refractivity contribution < 1.29 is 9.53 Å². The molecule has 1 amide bonds. The molecule has 1 heterocycles. The van der Waals surface area contributed by atoms with E-state index in [1.807, 2.05) is 6.92 Å². The van der Waals surface area contributed by atoms with Gasteiger partial charge in [0, 0.05) is 25.3 Å². The maximum Gasteiger partial charge on any atom is 0.251 e. The van der Waals surface area contributed by atoms with Gasteiger partial charge >= 0.3 is 0 Å². The Hall–Kier alpha value is -1.33. The summed E-state index contributed by atoms with van der Waals surface area (Å²) in [5, 5.41) is 3.03. The van der Waals surface area contributed by atoms with E-state index in [4.69, 9.17) is 22.1 Å². The zero-order chi connectivity index (χ0) is 12.8. The van der Waals surface area contributed by atoms with Crippen LogP contribution in [0.4, 0.5) is 5.82 Å². The Morgan fingerprint density at radius 2 is 2.35 bits per heavy atom. The van der Waals surface area contributed by atoms with E-state index in [0.29, 0.717) is 12.2 Å². The van der Waals surface area contributed by atoms with Gasteiger partial charge in [-0.3, -0.25) is 4.79 Å². The number of nitrogens with two attached hydrogens (primary N) is 1. The molecule has 1 aromatic rings. The van der Waals surface area contributed by atoms with Crippen molar-refractivity contribution in [1.82, 2.24) is 10.3 Å². The Labute approximate surface area is 105 Å². The van der Waals surface area contributed by atoms with Crippen molar-refractivity contribution in [1.29, 1.82) is 0 Å². The third kappa shape index (κ3) is 4.58. The fourth-order valence-corrected chi connectivity index (χ4v) is 1.54. The van der Waals surface area contributed by atoms with Crippen LogP contribution in [0.5, 0.6) is 0 Å². The van der Waals surface area contributed by atoms with E-state index in [0.717, 1.165) is 6.42 Å². The van der Waals surface area contributed by atoms with Crippen LogP contribution >= 0.6 is 11.6 Å². The number of nitrogens with zero attached hydrogens (tertiary/aromatic N) is 1. The van der Waals surface area contributed by atoms with Gasteiger partial charge in [0.25, 0.3) is 5.91 Å². The number of nitrogen functional groups attached to an aromatic ring is 1. The summed E-state index contributed by atoms with van der Waals surface area (Å²) < 4.78 is 4.94. The first-order valence-corrected chi connectivity index (χ1v) is 5.63. The quantitative estimate of drug-likeness (QED) is 0.783. The average molecular weight is 258 g/mol. The second-order valence-corrected chi connectivity index (χ2v) is 4.15. The number of pyridine rings is 1. The van der Waals surface area contributed by atoms with E-state index in [1.54, 1.807) is 7.11 Å². The van der Waals surface area contributed by atoms with Gasteiger partial charge in [-0.15, -0.1) is 0 Å². The van der Waals surface area contributed by atoms with Crippen LogP contribution in [-0.2, 0) is 4.74 Å². The molecule has 5 nitrogen and oxygen atoms in total. The van der Waals surface area contributed by atoms with E-state index in [1.165, 1.54) is 12.1 Å². The Balaban J connectivity index is 2.63. The highest BCUT2D eigenvalue weighted by molar-refractivity contribution is 6.29. The number of anilines is 1. The number of carbonyl (C=O) groups is 1. The van der Waals surface area contributed by atoms with E-state index < -0.39 is 0 Å². The molecule has 3 N–H and O–H groups in total. The standard InChI is InChI=1S/C11H16ClN3O2/c1-7(3-4-17-2)14-11(16)8-5-9(12)15-10(13)6-8/h5-7H,3-4H2,1-2H3,(H2,13,15)(H,14,16). The molecule has 0 aliphatic heterocycles. The van der Waals surface area contributed by atoms with Crippen LogP contribution in [0.2, 0.25) is 5.15 Å². The van der Waals surface area contributed by atoms with Gasteiger partial charge in [0.15, 0.2) is 0 Å². The first-order chi connectivity index (χ1) is 8.02. The van der Waals surface area contributed by atoms with Crippen molar-refractivity contribution >= 4 is 23.3 Å². The zero-order valence-corrected chi connectivity index (χ0v) is 10.6. The molecule has 0 spiro atoms. The number of rotatable bonds is 5. The summed E-state index contributed by atoms with van der Waals surface area (Å²) in [5.74, 6) is 0.0109. The van der Waals surface area contributed by atoms with Crippen LogP contribution in [0.1, 0.15) is 23.7 Å². The third-order valence-corrected chi connectivity index (χ3v) is 2.40. The summed E-state index contributed by atoms with van der Waals surface area (Å²) in [7, 11) is 1.62. The molecule has 0 aliphatic carbocycles. The van der Waals surface area contributed by atoms with Gasteiger partial charge in [0.05, 0.1) is 0 Å². The predicted octanol–water partition coefficient (Wildman–Crippen LogP) is 1.47. The molecule has 0 fully saturated rings. The maximum atomic E-state index is 11.8. The number of nitrogens with one attached hydrogen (secondary N) is 1. The number of methoxy groups -OCH3 is 1. The second kappa shape index (κ2) is 6.42. The highest BCUT2D eigenvalue weighted by Crippen LogP contribution is 2.12. The minimum Gasteiger partial charge on any atom is -0.385 e. The number of amides is 1. The van der Waals surface area contributed by atoms with Crippen molar-refractivity contribution in [3.63, 3.8) is 0 Å². The lowest BCUT2D eigenvalue weighted by Crippen LogP contribution is -2.33. The monoisotopic (exact) mass is 257 g/mol. The molecule has 0 saturated carbocycles. The molecule has 0 radical (unpaired) electrons. The summed E-state index contributed by atoms with van der Waals surface area (Å²) in [5.41, 5.74) is 5.92.